The van der Waals surface area contributed by atoms with Gasteiger partial charge in [0.15, 0.2) is 0 Å². The molecular formula is C24H33N3O4. The molecule has 0 aliphatic carbocycles. The van der Waals surface area contributed by atoms with Crippen LogP contribution in [0.3, 0.4) is 0 Å². The quantitative estimate of drug-likeness (QED) is 0.695. The van der Waals surface area contributed by atoms with Gasteiger partial charge in [-0.3, -0.25) is 4.57 Å². The lowest BCUT2D eigenvalue weighted by Gasteiger charge is -2.26. The number of aryl methyl sites for hydroxylation is 1. The molecule has 0 amide bonds. The Morgan fingerprint density at radius 1 is 1.29 bits per heavy atom. The van der Waals surface area contributed by atoms with Gasteiger partial charge in [-0.2, -0.15) is 4.98 Å². The topological polar surface area (TPSA) is 74.6 Å². The van der Waals surface area contributed by atoms with Crippen LogP contribution in [0.15, 0.2) is 29.1 Å². The second-order valence-corrected chi connectivity index (χ2v) is 9.18. The molecule has 0 bridgehead atoms. The Morgan fingerprint density at radius 2 is 2.16 bits per heavy atom. The zero-order valence-electron chi connectivity index (χ0n) is 18.8. The van der Waals surface area contributed by atoms with Gasteiger partial charge in [-0.05, 0) is 36.0 Å². The minimum atomic E-state index is -0.275. The van der Waals surface area contributed by atoms with Crippen molar-refractivity contribution in [2.45, 2.75) is 52.7 Å². The highest BCUT2D eigenvalue weighted by Crippen LogP contribution is 2.32. The monoisotopic (exact) mass is 427 g/mol. The van der Waals surface area contributed by atoms with E-state index < -0.39 is 0 Å². The standard InChI is InChI=1S/C24H33N3O4/c1-4-8-24(2,3)16-25-18-5-6-20-17(12-18)7-9-27-21(20)13-22(26-23(27)28)31-15-19-14-29-10-11-30-19/h5-6,12-13,19,25H,4,7-11,14-16H2,1-3H3/t19-/m0/s1. The van der Waals surface area contributed by atoms with Crippen molar-refractivity contribution < 1.29 is 14.2 Å². The number of nitrogens with one attached hydrogen (secondary N) is 1. The third kappa shape index (κ3) is 5.28. The molecule has 1 aromatic carbocycles. The van der Waals surface area contributed by atoms with Crippen LogP contribution >= 0.6 is 0 Å². The van der Waals surface area contributed by atoms with Gasteiger partial charge in [-0.15, -0.1) is 0 Å². The summed E-state index contributed by atoms with van der Waals surface area (Å²) in [7, 11) is 0. The van der Waals surface area contributed by atoms with Crippen LogP contribution < -0.4 is 15.7 Å². The summed E-state index contributed by atoms with van der Waals surface area (Å²) in [5, 5.41) is 3.59. The maximum absolute atomic E-state index is 12.6. The Labute approximate surface area is 183 Å². The summed E-state index contributed by atoms with van der Waals surface area (Å²) in [5.74, 6) is 0.335. The fourth-order valence-electron chi connectivity index (χ4n) is 4.31. The molecule has 1 atom stereocenters. The molecule has 0 saturated carbocycles. The van der Waals surface area contributed by atoms with E-state index in [0.717, 1.165) is 29.9 Å². The molecule has 0 spiro atoms. The highest BCUT2D eigenvalue weighted by atomic mass is 16.6. The number of aromatic nitrogens is 2. The Balaban J connectivity index is 1.51. The molecule has 31 heavy (non-hydrogen) atoms. The number of hydrogen-bond acceptors (Lipinski definition) is 6. The van der Waals surface area contributed by atoms with Crippen LogP contribution in [0.4, 0.5) is 5.69 Å². The summed E-state index contributed by atoms with van der Waals surface area (Å²) < 4.78 is 18.5. The molecule has 1 N–H and O–H groups in total. The largest absolute Gasteiger partial charge is 0.475 e. The molecule has 1 aromatic heterocycles. The number of benzene rings is 1. The number of hydrogen-bond donors (Lipinski definition) is 1. The number of anilines is 1. The first-order valence-electron chi connectivity index (χ1n) is 11.3. The van der Waals surface area contributed by atoms with Gasteiger partial charge in [0.05, 0.1) is 25.5 Å². The molecule has 0 radical (unpaired) electrons. The van der Waals surface area contributed by atoms with E-state index in [1.165, 1.54) is 18.4 Å². The number of fused-ring (bicyclic) bond motifs is 3. The normalized spacial score (nSPS) is 18.2. The summed E-state index contributed by atoms with van der Waals surface area (Å²) in [4.78, 5) is 16.7. The first-order valence-corrected chi connectivity index (χ1v) is 11.3. The summed E-state index contributed by atoms with van der Waals surface area (Å²) in [6.07, 6.45) is 3.05. The zero-order valence-corrected chi connectivity index (χ0v) is 18.8. The van der Waals surface area contributed by atoms with Crippen molar-refractivity contribution in [3.05, 3.63) is 40.3 Å². The lowest BCUT2D eigenvalue weighted by atomic mass is 9.88. The summed E-state index contributed by atoms with van der Waals surface area (Å²) in [6, 6.07) is 8.26. The number of nitrogens with zero attached hydrogens (tertiary/aromatic N) is 2. The van der Waals surface area contributed by atoms with E-state index in [4.69, 9.17) is 14.2 Å². The van der Waals surface area contributed by atoms with Crippen molar-refractivity contribution in [3.8, 4) is 17.1 Å². The van der Waals surface area contributed by atoms with Gasteiger partial charge in [0.1, 0.15) is 12.7 Å². The van der Waals surface area contributed by atoms with Gasteiger partial charge in [-0.1, -0.05) is 33.3 Å². The Morgan fingerprint density at radius 3 is 2.94 bits per heavy atom. The van der Waals surface area contributed by atoms with Gasteiger partial charge < -0.3 is 19.5 Å². The van der Waals surface area contributed by atoms with Crippen molar-refractivity contribution in [2.24, 2.45) is 5.41 Å². The van der Waals surface area contributed by atoms with E-state index in [1.807, 2.05) is 6.07 Å². The Hall–Kier alpha value is -2.38. The molecule has 2 aliphatic heterocycles. The molecule has 0 unspecified atom stereocenters. The van der Waals surface area contributed by atoms with Gasteiger partial charge in [-0.25, -0.2) is 4.79 Å². The van der Waals surface area contributed by atoms with Crippen molar-refractivity contribution >= 4 is 5.69 Å². The third-order valence-electron chi connectivity index (χ3n) is 5.97. The molecule has 7 nitrogen and oxygen atoms in total. The SMILES string of the molecule is CCCC(C)(C)CNc1ccc2c(c1)CCn1c-2cc(OC[C@@H]2COCCO2)nc1=O. The Bertz CT molecular complexity index is 964. The minimum Gasteiger partial charge on any atom is -0.475 e. The van der Waals surface area contributed by atoms with E-state index in [2.05, 4.69) is 49.3 Å². The maximum atomic E-state index is 12.6. The number of rotatable bonds is 8. The molecule has 1 saturated heterocycles. The fraction of sp³-hybridized carbons (Fsp3) is 0.583. The van der Waals surface area contributed by atoms with Crippen LogP contribution in [0, 0.1) is 5.41 Å². The molecule has 1 fully saturated rings. The Kier molecular flexibility index (Phi) is 6.62. The van der Waals surface area contributed by atoms with Crippen molar-refractivity contribution in [1.82, 2.24) is 9.55 Å². The fourth-order valence-corrected chi connectivity index (χ4v) is 4.31. The van der Waals surface area contributed by atoms with Crippen molar-refractivity contribution in [1.29, 1.82) is 0 Å². The molecule has 7 heteroatoms. The predicted octanol–water partition coefficient (Wildman–Crippen LogP) is 3.50. The van der Waals surface area contributed by atoms with Crippen molar-refractivity contribution in [2.75, 3.05) is 38.3 Å². The van der Waals surface area contributed by atoms with Gasteiger partial charge in [0.25, 0.3) is 0 Å². The van der Waals surface area contributed by atoms with E-state index >= 15 is 0 Å². The molecule has 4 rings (SSSR count). The lowest BCUT2D eigenvalue weighted by Crippen LogP contribution is -2.34. The van der Waals surface area contributed by atoms with E-state index in [1.54, 1.807) is 4.57 Å². The highest BCUT2D eigenvalue weighted by molar-refractivity contribution is 5.69. The van der Waals surface area contributed by atoms with Crippen LogP contribution in [0.1, 0.15) is 39.2 Å². The first-order chi connectivity index (χ1) is 14.9. The molecule has 3 heterocycles. The van der Waals surface area contributed by atoms with Crippen LogP contribution in [0.5, 0.6) is 5.88 Å². The third-order valence-corrected chi connectivity index (χ3v) is 5.97. The average Bonchev–Trinajstić information content (AvgIpc) is 2.77. The van der Waals surface area contributed by atoms with E-state index in [0.29, 0.717) is 38.9 Å². The molecular weight excluding hydrogens is 394 g/mol. The average molecular weight is 428 g/mol. The first kappa shape index (κ1) is 21.8. The van der Waals surface area contributed by atoms with Crippen LogP contribution in [0.2, 0.25) is 0 Å². The highest BCUT2D eigenvalue weighted by Gasteiger charge is 2.22. The predicted molar refractivity (Wildman–Crippen MR) is 121 cm³/mol. The summed E-state index contributed by atoms with van der Waals surface area (Å²) in [6.45, 7) is 10.4. The molecule has 2 aromatic rings. The minimum absolute atomic E-state index is 0.132. The van der Waals surface area contributed by atoms with E-state index in [9.17, 15) is 4.79 Å². The second kappa shape index (κ2) is 9.40. The lowest BCUT2D eigenvalue weighted by molar-refractivity contribution is -0.102. The second-order valence-electron chi connectivity index (χ2n) is 9.18. The van der Waals surface area contributed by atoms with Crippen molar-refractivity contribution in [3.63, 3.8) is 0 Å². The van der Waals surface area contributed by atoms with E-state index in [-0.39, 0.29) is 17.2 Å². The van der Waals surface area contributed by atoms with Gasteiger partial charge >= 0.3 is 5.69 Å². The van der Waals surface area contributed by atoms with Gasteiger partial charge in [0.2, 0.25) is 5.88 Å². The van der Waals surface area contributed by atoms with Gasteiger partial charge in [0, 0.05) is 30.4 Å². The zero-order chi connectivity index (χ0) is 21.8. The van der Waals surface area contributed by atoms with Crippen LogP contribution in [-0.2, 0) is 22.4 Å². The molecule has 168 valence electrons. The smallest absolute Gasteiger partial charge is 0.351 e. The number of ether oxygens (including phenoxy) is 3. The summed E-state index contributed by atoms with van der Waals surface area (Å²) in [5.41, 5.74) is 4.26. The van der Waals surface area contributed by atoms with Crippen LogP contribution in [0.25, 0.3) is 11.3 Å². The van der Waals surface area contributed by atoms with Crippen LogP contribution in [-0.4, -0.2) is 48.6 Å². The maximum Gasteiger partial charge on any atom is 0.351 e. The molecule has 2 aliphatic rings. The summed E-state index contributed by atoms with van der Waals surface area (Å²) >= 11 is 0.